The van der Waals surface area contributed by atoms with E-state index in [4.69, 9.17) is 9.47 Å². The summed E-state index contributed by atoms with van der Waals surface area (Å²) in [5, 5.41) is 5.78. The number of amides is 1. The highest BCUT2D eigenvalue weighted by molar-refractivity contribution is 7.08. The van der Waals surface area contributed by atoms with E-state index >= 15 is 0 Å². The van der Waals surface area contributed by atoms with Crippen LogP contribution in [0, 0.1) is 5.92 Å². The molecule has 2 atom stereocenters. The molecule has 144 valence electrons. The zero-order valence-electron chi connectivity index (χ0n) is 15.8. The van der Waals surface area contributed by atoms with Crippen LogP contribution in [0.15, 0.2) is 53.2 Å². The number of hydrogen-bond acceptors (Lipinski definition) is 5. The van der Waals surface area contributed by atoms with Gasteiger partial charge in [0.2, 0.25) is 0 Å². The van der Waals surface area contributed by atoms with Crippen LogP contribution in [0.1, 0.15) is 21.8 Å². The Morgan fingerprint density at radius 3 is 2.50 bits per heavy atom. The van der Waals surface area contributed by atoms with Gasteiger partial charge >= 0.3 is 5.97 Å². The van der Waals surface area contributed by atoms with E-state index in [9.17, 15) is 9.59 Å². The molecule has 0 bridgehead atoms. The van der Waals surface area contributed by atoms with Crippen molar-refractivity contribution in [1.29, 1.82) is 0 Å². The Morgan fingerprint density at radius 2 is 1.82 bits per heavy atom. The lowest BCUT2D eigenvalue weighted by Gasteiger charge is -2.18. The number of likely N-dealkylation sites (tertiary alicyclic amines) is 1. The molecule has 0 N–H and O–H groups in total. The number of carbonyl (C=O) groups is 2. The third-order valence-corrected chi connectivity index (χ3v) is 6.12. The van der Waals surface area contributed by atoms with Gasteiger partial charge in [-0.25, -0.2) is 0 Å². The molecule has 28 heavy (non-hydrogen) atoms. The van der Waals surface area contributed by atoms with E-state index in [2.05, 4.69) is 0 Å². The van der Waals surface area contributed by atoms with Crippen molar-refractivity contribution < 1.29 is 19.1 Å². The van der Waals surface area contributed by atoms with Crippen LogP contribution in [0.2, 0.25) is 0 Å². The minimum atomic E-state index is -0.354. The summed E-state index contributed by atoms with van der Waals surface area (Å²) < 4.78 is 10.4. The Balaban J connectivity index is 1.69. The van der Waals surface area contributed by atoms with Gasteiger partial charge in [0.15, 0.2) is 0 Å². The summed E-state index contributed by atoms with van der Waals surface area (Å²) in [7, 11) is 3.02. The van der Waals surface area contributed by atoms with Crippen molar-refractivity contribution in [3.05, 3.63) is 64.4 Å². The zero-order valence-corrected chi connectivity index (χ0v) is 16.6. The molecule has 1 amide bonds. The third-order valence-electron chi connectivity index (χ3n) is 5.42. The summed E-state index contributed by atoms with van der Waals surface area (Å²) in [6.45, 7) is 0.849. The number of ether oxygens (including phenoxy) is 2. The average molecular weight is 395 g/mol. The molecular weight excluding hydrogens is 374 g/mol. The summed E-state index contributed by atoms with van der Waals surface area (Å²) >= 11 is 1.59. The molecule has 5 nitrogen and oxygen atoms in total. The van der Waals surface area contributed by atoms with Gasteiger partial charge in [-0.05, 0) is 39.9 Å². The number of thiophene rings is 1. The second-order valence-electron chi connectivity index (χ2n) is 6.86. The Kier molecular flexibility index (Phi) is 5.05. The van der Waals surface area contributed by atoms with Crippen LogP contribution in [0.25, 0.3) is 10.8 Å². The first-order valence-electron chi connectivity index (χ1n) is 9.09. The average Bonchev–Trinajstić information content (AvgIpc) is 3.41. The number of fused-ring (bicyclic) bond motifs is 1. The minimum absolute atomic E-state index is 0.0489. The Labute approximate surface area is 167 Å². The monoisotopic (exact) mass is 395 g/mol. The van der Waals surface area contributed by atoms with Crippen molar-refractivity contribution in [2.45, 2.75) is 5.92 Å². The fraction of sp³-hybridized carbons (Fsp3) is 0.273. The van der Waals surface area contributed by atoms with Gasteiger partial charge in [0.05, 0.1) is 20.1 Å². The van der Waals surface area contributed by atoms with Gasteiger partial charge in [0.25, 0.3) is 5.91 Å². The van der Waals surface area contributed by atoms with Crippen molar-refractivity contribution in [3.8, 4) is 5.75 Å². The summed E-state index contributed by atoms with van der Waals surface area (Å²) in [6.07, 6.45) is 0. The fourth-order valence-electron chi connectivity index (χ4n) is 3.99. The van der Waals surface area contributed by atoms with Crippen LogP contribution in [0.3, 0.4) is 0 Å². The molecule has 0 aliphatic carbocycles. The van der Waals surface area contributed by atoms with Crippen molar-refractivity contribution in [3.63, 3.8) is 0 Å². The number of rotatable bonds is 4. The Bertz CT molecular complexity index is 1010. The van der Waals surface area contributed by atoms with Crippen LogP contribution in [0.5, 0.6) is 5.75 Å². The first kappa shape index (κ1) is 18.5. The number of esters is 1. The Morgan fingerprint density at radius 1 is 1.04 bits per heavy atom. The van der Waals surface area contributed by atoms with Crippen molar-refractivity contribution in [2.75, 3.05) is 27.3 Å². The highest BCUT2D eigenvalue weighted by Crippen LogP contribution is 2.36. The van der Waals surface area contributed by atoms with E-state index in [1.807, 2.05) is 47.2 Å². The van der Waals surface area contributed by atoms with Crippen LogP contribution in [-0.2, 0) is 9.53 Å². The molecule has 6 heteroatoms. The van der Waals surface area contributed by atoms with Crippen LogP contribution < -0.4 is 4.74 Å². The number of nitrogens with zero attached hydrogens (tertiary/aromatic N) is 1. The zero-order chi connectivity index (χ0) is 19.7. The molecule has 0 spiro atoms. The second-order valence-corrected chi connectivity index (χ2v) is 7.64. The van der Waals surface area contributed by atoms with Crippen molar-refractivity contribution in [2.24, 2.45) is 5.92 Å². The largest absolute Gasteiger partial charge is 0.496 e. The highest BCUT2D eigenvalue weighted by atomic mass is 32.1. The molecule has 0 unspecified atom stereocenters. The van der Waals surface area contributed by atoms with E-state index in [-0.39, 0.29) is 23.7 Å². The van der Waals surface area contributed by atoms with Crippen molar-refractivity contribution in [1.82, 2.24) is 4.90 Å². The van der Waals surface area contributed by atoms with Crippen LogP contribution >= 0.6 is 11.3 Å². The molecule has 1 aromatic heterocycles. The summed E-state index contributed by atoms with van der Waals surface area (Å²) in [6, 6.07) is 13.3. The maximum absolute atomic E-state index is 13.4. The lowest BCUT2D eigenvalue weighted by molar-refractivity contribution is -0.145. The first-order valence-corrected chi connectivity index (χ1v) is 10.0. The van der Waals surface area contributed by atoms with Crippen molar-refractivity contribution >= 4 is 34.0 Å². The van der Waals surface area contributed by atoms with E-state index < -0.39 is 0 Å². The molecule has 1 aliphatic heterocycles. The maximum atomic E-state index is 13.4. The quantitative estimate of drug-likeness (QED) is 0.628. The van der Waals surface area contributed by atoms with E-state index in [1.165, 1.54) is 7.11 Å². The standard InChI is InChI=1S/C22H21NO4S/c1-26-20-8-7-17(15-5-3-4-6-16(15)20)21(24)23-11-18(14-9-10-28-13-14)19(12-23)22(25)27-2/h3-10,13,18-19H,11-12H2,1-2H3/t18-,19+/m1/s1. The summed E-state index contributed by atoms with van der Waals surface area (Å²) in [5.74, 6) is -0.0195. The molecule has 1 saturated heterocycles. The SMILES string of the molecule is COC(=O)[C@H]1CN(C(=O)c2ccc(OC)c3ccccc23)C[C@@H]1c1ccsc1. The molecule has 1 aliphatic rings. The molecule has 0 saturated carbocycles. The van der Waals surface area contributed by atoms with E-state index in [1.54, 1.807) is 29.4 Å². The van der Waals surface area contributed by atoms with Gasteiger partial charge in [-0.2, -0.15) is 11.3 Å². The smallest absolute Gasteiger partial charge is 0.311 e. The second kappa shape index (κ2) is 7.64. The molecule has 3 aromatic rings. The Hall–Kier alpha value is -2.86. The summed E-state index contributed by atoms with van der Waals surface area (Å²) in [5.41, 5.74) is 1.70. The fourth-order valence-corrected chi connectivity index (χ4v) is 4.71. The van der Waals surface area contributed by atoms with Gasteiger partial charge in [-0.15, -0.1) is 0 Å². The number of methoxy groups -OCH3 is 2. The van der Waals surface area contributed by atoms with Crippen LogP contribution in [-0.4, -0.2) is 44.1 Å². The van der Waals surface area contributed by atoms with Crippen LogP contribution in [0.4, 0.5) is 0 Å². The lowest BCUT2D eigenvalue weighted by atomic mass is 9.91. The normalized spacial score (nSPS) is 19.0. The molecule has 2 heterocycles. The van der Waals surface area contributed by atoms with Gasteiger partial charge in [-0.3, -0.25) is 9.59 Å². The van der Waals surface area contributed by atoms with E-state index in [0.29, 0.717) is 18.7 Å². The molecule has 0 radical (unpaired) electrons. The van der Waals surface area contributed by atoms with Gasteiger partial charge in [0, 0.05) is 30.0 Å². The third kappa shape index (κ3) is 3.14. The maximum Gasteiger partial charge on any atom is 0.311 e. The highest BCUT2D eigenvalue weighted by Gasteiger charge is 2.41. The minimum Gasteiger partial charge on any atom is -0.496 e. The van der Waals surface area contributed by atoms with Gasteiger partial charge in [0.1, 0.15) is 5.75 Å². The predicted molar refractivity (Wildman–Crippen MR) is 109 cm³/mol. The van der Waals surface area contributed by atoms with Gasteiger partial charge in [-0.1, -0.05) is 24.3 Å². The first-order chi connectivity index (χ1) is 13.6. The number of hydrogen-bond donors (Lipinski definition) is 0. The number of carbonyl (C=O) groups excluding carboxylic acids is 2. The van der Waals surface area contributed by atoms with Gasteiger partial charge < -0.3 is 14.4 Å². The van der Waals surface area contributed by atoms with E-state index in [0.717, 1.165) is 22.1 Å². The molecular formula is C22H21NO4S. The number of benzene rings is 2. The molecule has 2 aromatic carbocycles. The molecule has 1 fully saturated rings. The molecule has 4 rings (SSSR count). The lowest BCUT2D eigenvalue weighted by Crippen LogP contribution is -2.30. The topological polar surface area (TPSA) is 55.8 Å². The summed E-state index contributed by atoms with van der Waals surface area (Å²) in [4.78, 5) is 27.5. The predicted octanol–water partition coefficient (Wildman–Crippen LogP) is 3.94.